The van der Waals surface area contributed by atoms with Gasteiger partial charge in [0.05, 0.1) is 12.2 Å². The quantitative estimate of drug-likeness (QED) is 0.817. The fourth-order valence-electron chi connectivity index (χ4n) is 3.71. The second kappa shape index (κ2) is 8.24. The van der Waals surface area contributed by atoms with E-state index in [0.29, 0.717) is 6.54 Å². The predicted octanol–water partition coefficient (Wildman–Crippen LogP) is 3.86. The molecule has 4 nitrogen and oxygen atoms in total. The number of benzene rings is 2. The maximum Gasteiger partial charge on any atom is 0.244 e. The fraction of sp³-hybridized carbons (Fsp3) is 0.435. The Labute approximate surface area is 162 Å². The van der Waals surface area contributed by atoms with Crippen LogP contribution in [0.3, 0.4) is 0 Å². The molecular formula is C23H30N2O2. The van der Waals surface area contributed by atoms with Gasteiger partial charge in [-0.05, 0) is 50.1 Å². The maximum absolute atomic E-state index is 12.4. The Morgan fingerprint density at radius 3 is 2.56 bits per heavy atom. The number of hydrogen-bond acceptors (Lipinski definition) is 3. The summed E-state index contributed by atoms with van der Waals surface area (Å²) in [7, 11) is 0. The first-order chi connectivity index (χ1) is 12.8. The summed E-state index contributed by atoms with van der Waals surface area (Å²) < 4.78 is 5.82. The SMILES string of the molecule is CC1CN(C(C)(C)CNC(=O)/C=C/c2cccc3ccccc23)CC(C)O1. The Balaban J connectivity index is 1.61. The summed E-state index contributed by atoms with van der Waals surface area (Å²) in [6, 6.07) is 14.3. The average Bonchev–Trinajstić information content (AvgIpc) is 2.64. The molecule has 144 valence electrons. The monoisotopic (exact) mass is 366 g/mol. The van der Waals surface area contributed by atoms with Gasteiger partial charge in [0, 0.05) is 31.2 Å². The number of hydrogen-bond donors (Lipinski definition) is 1. The van der Waals surface area contributed by atoms with Crippen LogP contribution >= 0.6 is 0 Å². The molecule has 2 unspecified atom stereocenters. The Morgan fingerprint density at radius 2 is 1.81 bits per heavy atom. The molecule has 1 saturated heterocycles. The molecule has 0 aromatic heterocycles. The number of ether oxygens (including phenoxy) is 1. The summed E-state index contributed by atoms with van der Waals surface area (Å²) in [6.45, 7) is 10.9. The number of morpholine rings is 1. The van der Waals surface area contributed by atoms with Crippen molar-refractivity contribution >= 4 is 22.8 Å². The lowest BCUT2D eigenvalue weighted by molar-refractivity contribution is -0.118. The fourth-order valence-corrected chi connectivity index (χ4v) is 3.71. The van der Waals surface area contributed by atoms with Gasteiger partial charge in [-0.15, -0.1) is 0 Å². The highest BCUT2D eigenvalue weighted by Crippen LogP contribution is 2.21. The number of rotatable bonds is 5. The van der Waals surface area contributed by atoms with Crippen molar-refractivity contribution in [2.75, 3.05) is 19.6 Å². The third-order valence-electron chi connectivity index (χ3n) is 5.21. The zero-order valence-corrected chi connectivity index (χ0v) is 16.7. The minimum Gasteiger partial charge on any atom is -0.373 e. The highest BCUT2D eigenvalue weighted by molar-refractivity contribution is 5.96. The summed E-state index contributed by atoms with van der Waals surface area (Å²) in [4.78, 5) is 14.8. The maximum atomic E-state index is 12.4. The molecule has 4 heteroatoms. The molecule has 2 aromatic rings. The lowest BCUT2D eigenvalue weighted by Gasteiger charge is -2.45. The standard InChI is InChI=1S/C23H30N2O2/c1-17-14-25(15-18(2)27-17)23(3,4)16-24-22(26)13-12-20-10-7-9-19-8-5-6-11-21(19)20/h5-13,17-18H,14-16H2,1-4H3,(H,24,26)/b13-12+. The van der Waals surface area contributed by atoms with Gasteiger partial charge in [0.25, 0.3) is 0 Å². The second-order valence-electron chi connectivity index (χ2n) is 8.09. The number of nitrogens with one attached hydrogen (secondary N) is 1. The molecule has 1 fully saturated rings. The number of fused-ring (bicyclic) bond motifs is 1. The summed E-state index contributed by atoms with van der Waals surface area (Å²) in [6.07, 6.45) is 3.95. The molecule has 1 amide bonds. The predicted molar refractivity (Wildman–Crippen MR) is 112 cm³/mol. The Morgan fingerprint density at radius 1 is 1.15 bits per heavy atom. The molecule has 27 heavy (non-hydrogen) atoms. The Hall–Kier alpha value is -2.17. The Kier molecular flexibility index (Phi) is 5.98. The molecule has 1 aliphatic rings. The van der Waals surface area contributed by atoms with Crippen LogP contribution in [-0.2, 0) is 9.53 Å². The molecule has 1 aliphatic heterocycles. The van der Waals surface area contributed by atoms with Gasteiger partial charge in [0.15, 0.2) is 0 Å². The number of carbonyl (C=O) groups excluding carboxylic acids is 1. The summed E-state index contributed by atoms with van der Waals surface area (Å²) in [5.41, 5.74) is 0.938. The van der Waals surface area contributed by atoms with Crippen molar-refractivity contribution in [3.8, 4) is 0 Å². The normalized spacial score (nSPS) is 21.6. The zero-order chi connectivity index (χ0) is 19.4. The van der Waals surface area contributed by atoms with E-state index in [1.807, 2.05) is 30.3 Å². The van der Waals surface area contributed by atoms with Crippen LogP contribution < -0.4 is 5.32 Å². The molecule has 0 bridgehead atoms. The van der Waals surface area contributed by atoms with E-state index in [-0.39, 0.29) is 23.7 Å². The van der Waals surface area contributed by atoms with Crippen LogP contribution in [0.2, 0.25) is 0 Å². The van der Waals surface area contributed by atoms with Crippen molar-refractivity contribution in [2.45, 2.75) is 45.4 Å². The van der Waals surface area contributed by atoms with E-state index >= 15 is 0 Å². The third-order valence-corrected chi connectivity index (χ3v) is 5.21. The first kappa shape index (κ1) is 19.6. The lowest BCUT2D eigenvalue weighted by atomic mass is 10.00. The molecular weight excluding hydrogens is 336 g/mol. The highest BCUT2D eigenvalue weighted by atomic mass is 16.5. The van der Waals surface area contributed by atoms with E-state index in [1.165, 1.54) is 5.39 Å². The molecule has 1 N–H and O–H groups in total. The van der Waals surface area contributed by atoms with Crippen LogP contribution in [0.15, 0.2) is 48.5 Å². The Bertz CT molecular complexity index is 813. The van der Waals surface area contributed by atoms with Crippen molar-refractivity contribution in [3.63, 3.8) is 0 Å². The smallest absolute Gasteiger partial charge is 0.244 e. The largest absolute Gasteiger partial charge is 0.373 e. The van der Waals surface area contributed by atoms with Crippen molar-refractivity contribution in [1.29, 1.82) is 0 Å². The molecule has 2 atom stereocenters. The van der Waals surface area contributed by atoms with Crippen LogP contribution in [0.25, 0.3) is 16.8 Å². The van der Waals surface area contributed by atoms with E-state index in [4.69, 9.17) is 4.74 Å². The van der Waals surface area contributed by atoms with Crippen molar-refractivity contribution in [2.24, 2.45) is 0 Å². The summed E-state index contributed by atoms with van der Waals surface area (Å²) in [5.74, 6) is -0.0645. The van der Waals surface area contributed by atoms with Crippen LogP contribution in [0.5, 0.6) is 0 Å². The lowest BCUT2D eigenvalue weighted by Crippen LogP contribution is -2.58. The van der Waals surface area contributed by atoms with Crippen LogP contribution in [0.4, 0.5) is 0 Å². The van der Waals surface area contributed by atoms with Crippen molar-refractivity contribution in [3.05, 3.63) is 54.1 Å². The van der Waals surface area contributed by atoms with Gasteiger partial charge < -0.3 is 10.1 Å². The summed E-state index contributed by atoms with van der Waals surface area (Å²) in [5, 5.41) is 5.39. The molecule has 0 aliphatic carbocycles. The van der Waals surface area contributed by atoms with Crippen LogP contribution in [0.1, 0.15) is 33.3 Å². The highest BCUT2D eigenvalue weighted by Gasteiger charge is 2.33. The topological polar surface area (TPSA) is 41.6 Å². The van der Waals surface area contributed by atoms with E-state index in [0.717, 1.165) is 24.0 Å². The van der Waals surface area contributed by atoms with Crippen LogP contribution in [-0.4, -0.2) is 48.2 Å². The van der Waals surface area contributed by atoms with E-state index in [1.54, 1.807) is 6.08 Å². The van der Waals surface area contributed by atoms with Gasteiger partial charge in [-0.3, -0.25) is 9.69 Å². The first-order valence-electron chi connectivity index (χ1n) is 9.69. The van der Waals surface area contributed by atoms with E-state index in [9.17, 15) is 4.79 Å². The first-order valence-corrected chi connectivity index (χ1v) is 9.69. The molecule has 3 rings (SSSR count). The number of nitrogens with zero attached hydrogens (tertiary/aromatic N) is 1. The van der Waals surface area contributed by atoms with Gasteiger partial charge in [-0.1, -0.05) is 42.5 Å². The zero-order valence-electron chi connectivity index (χ0n) is 16.7. The third kappa shape index (κ3) is 4.96. The molecule has 1 heterocycles. The van der Waals surface area contributed by atoms with Gasteiger partial charge in [-0.25, -0.2) is 0 Å². The number of carbonyl (C=O) groups is 1. The van der Waals surface area contributed by atoms with Crippen molar-refractivity contribution < 1.29 is 9.53 Å². The minimum atomic E-state index is -0.116. The van der Waals surface area contributed by atoms with Crippen molar-refractivity contribution in [1.82, 2.24) is 10.2 Å². The number of amides is 1. The van der Waals surface area contributed by atoms with Gasteiger partial charge in [0.2, 0.25) is 5.91 Å². The van der Waals surface area contributed by atoms with Gasteiger partial charge in [0.1, 0.15) is 0 Å². The minimum absolute atomic E-state index is 0.0645. The summed E-state index contributed by atoms with van der Waals surface area (Å²) >= 11 is 0. The van der Waals surface area contributed by atoms with Crippen LogP contribution in [0, 0.1) is 0 Å². The molecule has 2 aromatic carbocycles. The molecule has 0 spiro atoms. The van der Waals surface area contributed by atoms with E-state index < -0.39 is 0 Å². The van der Waals surface area contributed by atoms with Gasteiger partial charge in [-0.2, -0.15) is 0 Å². The average molecular weight is 367 g/mol. The van der Waals surface area contributed by atoms with E-state index in [2.05, 4.69) is 56.1 Å². The molecule has 0 radical (unpaired) electrons. The molecule has 0 saturated carbocycles. The van der Waals surface area contributed by atoms with Gasteiger partial charge >= 0.3 is 0 Å². The second-order valence-corrected chi connectivity index (χ2v) is 8.09.